The molecule has 1 heterocycles. The zero-order chi connectivity index (χ0) is 18.4. The van der Waals surface area contributed by atoms with Gasteiger partial charge < -0.3 is 10.1 Å². The Morgan fingerprint density at radius 2 is 1.70 bits per heavy atom. The van der Waals surface area contributed by atoms with Gasteiger partial charge in [-0.25, -0.2) is 0 Å². The molecule has 4 aromatic rings. The molecule has 0 radical (unpaired) electrons. The summed E-state index contributed by atoms with van der Waals surface area (Å²) < 4.78 is 6.18. The van der Waals surface area contributed by atoms with Crippen LogP contribution in [0.15, 0.2) is 72.8 Å². The molecular formula is C23H13ClN2O. The maximum absolute atomic E-state index is 9.39. The molecule has 4 aromatic carbocycles. The molecular weight excluding hydrogens is 356 g/mol. The fourth-order valence-electron chi connectivity index (χ4n) is 3.52. The Bertz CT molecular complexity index is 1260. The van der Waals surface area contributed by atoms with Crippen LogP contribution in [-0.4, -0.2) is 0 Å². The van der Waals surface area contributed by atoms with E-state index in [1.807, 2.05) is 72.8 Å². The molecule has 1 N–H and O–H groups in total. The Balaban J connectivity index is 1.64. The summed E-state index contributed by atoms with van der Waals surface area (Å²) in [7, 11) is 0. The predicted molar refractivity (Wildman–Crippen MR) is 109 cm³/mol. The highest BCUT2D eigenvalue weighted by Crippen LogP contribution is 2.48. The van der Waals surface area contributed by atoms with Crippen molar-refractivity contribution in [3.8, 4) is 28.7 Å². The average Bonchev–Trinajstić information content (AvgIpc) is 2.70. The van der Waals surface area contributed by atoms with Crippen molar-refractivity contribution >= 4 is 33.7 Å². The minimum absolute atomic E-state index is 0.652. The summed E-state index contributed by atoms with van der Waals surface area (Å²) in [6.45, 7) is 0. The Morgan fingerprint density at radius 3 is 2.56 bits per heavy atom. The van der Waals surface area contributed by atoms with Crippen molar-refractivity contribution in [2.24, 2.45) is 0 Å². The van der Waals surface area contributed by atoms with Gasteiger partial charge in [-0.1, -0.05) is 41.9 Å². The zero-order valence-electron chi connectivity index (χ0n) is 14.2. The first kappa shape index (κ1) is 15.7. The first-order valence-corrected chi connectivity index (χ1v) is 8.92. The van der Waals surface area contributed by atoms with Gasteiger partial charge in [-0.2, -0.15) is 5.26 Å². The number of hydrogen-bond acceptors (Lipinski definition) is 3. The minimum atomic E-state index is 0.652. The topological polar surface area (TPSA) is 45.0 Å². The van der Waals surface area contributed by atoms with Crippen LogP contribution in [-0.2, 0) is 0 Å². The highest BCUT2D eigenvalue weighted by Gasteiger charge is 2.21. The molecule has 0 fully saturated rings. The SMILES string of the molecule is N#Cc1ccc2c3c(cccc13)Oc1cc(Nc3ccccc3Cl)ccc1-2. The van der Waals surface area contributed by atoms with Gasteiger partial charge in [0.2, 0.25) is 0 Å². The van der Waals surface area contributed by atoms with Crippen LogP contribution in [0, 0.1) is 11.3 Å². The van der Waals surface area contributed by atoms with E-state index in [9.17, 15) is 5.26 Å². The largest absolute Gasteiger partial charge is 0.456 e. The van der Waals surface area contributed by atoms with Crippen molar-refractivity contribution in [2.75, 3.05) is 5.32 Å². The van der Waals surface area contributed by atoms with E-state index >= 15 is 0 Å². The second kappa shape index (κ2) is 6.05. The van der Waals surface area contributed by atoms with Crippen LogP contribution in [0.1, 0.15) is 5.56 Å². The van der Waals surface area contributed by atoms with Crippen LogP contribution in [0.25, 0.3) is 21.9 Å². The highest BCUT2D eigenvalue weighted by atomic mass is 35.5. The van der Waals surface area contributed by atoms with E-state index in [0.717, 1.165) is 44.8 Å². The maximum atomic E-state index is 9.39. The third-order valence-electron chi connectivity index (χ3n) is 4.77. The number of nitrogens with one attached hydrogen (secondary N) is 1. The number of rotatable bonds is 2. The van der Waals surface area contributed by atoms with Gasteiger partial charge in [0.15, 0.2) is 0 Å². The molecule has 4 heteroatoms. The summed E-state index contributed by atoms with van der Waals surface area (Å²) in [4.78, 5) is 0. The first-order valence-electron chi connectivity index (χ1n) is 8.54. The third kappa shape index (κ3) is 2.51. The molecule has 128 valence electrons. The van der Waals surface area contributed by atoms with Crippen LogP contribution in [0.4, 0.5) is 11.4 Å². The summed E-state index contributed by atoms with van der Waals surface area (Å²) in [6, 6.07) is 25.6. The molecule has 0 aromatic heterocycles. The van der Waals surface area contributed by atoms with Gasteiger partial charge in [0, 0.05) is 28.1 Å². The fraction of sp³-hybridized carbons (Fsp3) is 0. The Morgan fingerprint density at radius 1 is 0.852 bits per heavy atom. The maximum Gasteiger partial charge on any atom is 0.137 e. The number of fused-ring (bicyclic) bond motifs is 2. The predicted octanol–water partition coefficient (Wildman–Crippen LogP) is 6.88. The molecule has 1 aliphatic heterocycles. The molecule has 0 saturated carbocycles. The molecule has 5 rings (SSSR count). The summed E-state index contributed by atoms with van der Waals surface area (Å²) in [5, 5.41) is 15.3. The van der Waals surface area contributed by atoms with Gasteiger partial charge >= 0.3 is 0 Å². The summed E-state index contributed by atoms with van der Waals surface area (Å²) in [6.07, 6.45) is 0. The Hall–Kier alpha value is -3.48. The van der Waals surface area contributed by atoms with Crippen molar-refractivity contribution in [3.63, 3.8) is 0 Å². The van der Waals surface area contributed by atoms with Gasteiger partial charge in [-0.3, -0.25) is 0 Å². The van der Waals surface area contributed by atoms with Crippen molar-refractivity contribution < 1.29 is 4.74 Å². The van der Waals surface area contributed by atoms with Gasteiger partial charge in [0.1, 0.15) is 11.5 Å². The lowest BCUT2D eigenvalue weighted by Gasteiger charge is -2.22. The fourth-order valence-corrected chi connectivity index (χ4v) is 3.71. The van der Waals surface area contributed by atoms with Gasteiger partial charge in [-0.05, 0) is 42.0 Å². The number of hydrogen-bond donors (Lipinski definition) is 1. The third-order valence-corrected chi connectivity index (χ3v) is 5.10. The van der Waals surface area contributed by atoms with E-state index in [1.165, 1.54) is 0 Å². The molecule has 0 atom stereocenters. The second-order valence-corrected chi connectivity index (χ2v) is 6.78. The number of ether oxygens (including phenoxy) is 1. The molecule has 27 heavy (non-hydrogen) atoms. The molecule has 1 aliphatic rings. The van der Waals surface area contributed by atoms with E-state index in [-0.39, 0.29) is 0 Å². The summed E-state index contributed by atoms with van der Waals surface area (Å²) in [5.41, 5.74) is 4.47. The van der Waals surface area contributed by atoms with Crippen molar-refractivity contribution in [1.29, 1.82) is 5.26 Å². The van der Waals surface area contributed by atoms with Crippen LogP contribution in [0.3, 0.4) is 0 Å². The number of nitriles is 1. The van der Waals surface area contributed by atoms with Crippen LogP contribution >= 0.6 is 11.6 Å². The van der Waals surface area contributed by atoms with E-state index < -0.39 is 0 Å². The first-order chi connectivity index (χ1) is 13.2. The van der Waals surface area contributed by atoms with Crippen molar-refractivity contribution in [1.82, 2.24) is 0 Å². The summed E-state index contributed by atoms with van der Waals surface area (Å²) >= 11 is 6.25. The van der Waals surface area contributed by atoms with Crippen LogP contribution < -0.4 is 10.1 Å². The van der Waals surface area contributed by atoms with E-state index in [0.29, 0.717) is 10.6 Å². The number of benzene rings is 4. The normalized spacial score (nSPS) is 11.4. The molecule has 0 amide bonds. The van der Waals surface area contributed by atoms with Crippen LogP contribution in [0.2, 0.25) is 5.02 Å². The van der Waals surface area contributed by atoms with Crippen molar-refractivity contribution in [2.45, 2.75) is 0 Å². The van der Waals surface area contributed by atoms with Gasteiger partial charge in [0.25, 0.3) is 0 Å². The number of para-hydroxylation sites is 1. The lowest BCUT2D eigenvalue weighted by molar-refractivity contribution is 0.487. The Kier molecular flexibility index (Phi) is 3.53. The molecule has 0 bridgehead atoms. The zero-order valence-corrected chi connectivity index (χ0v) is 14.9. The molecule has 0 aliphatic carbocycles. The standard InChI is InChI=1S/C23H13ClN2O/c24-19-5-1-2-6-20(19)26-15-9-11-17-18-10-8-14(13-25)16-4-3-7-21(23(16)18)27-22(17)12-15/h1-12,26H. The monoisotopic (exact) mass is 368 g/mol. The quantitative estimate of drug-likeness (QED) is 0.369. The minimum Gasteiger partial charge on any atom is -0.456 e. The van der Waals surface area contributed by atoms with E-state index in [4.69, 9.17) is 16.3 Å². The van der Waals surface area contributed by atoms with E-state index in [2.05, 4.69) is 11.4 Å². The van der Waals surface area contributed by atoms with Gasteiger partial charge in [0.05, 0.1) is 22.3 Å². The summed E-state index contributed by atoms with van der Waals surface area (Å²) in [5.74, 6) is 1.54. The Labute approximate surface area is 161 Å². The van der Waals surface area contributed by atoms with Crippen molar-refractivity contribution in [3.05, 3.63) is 83.4 Å². The number of halogens is 1. The second-order valence-electron chi connectivity index (χ2n) is 6.37. The van der Waals surface area contributed by atoms with Gasteiger partial charge in [-0.15, -0.1) is 0 Å². The molecule has 0 spiro atoms. The highest BCUT2D eigenvalue weighted by molar-refractivity contribution is 6.33. The molecule has 0 saturated heterocycles. The van der Waals surface area contributed by atoms with Crippen LogP contribution in [0.5, 0.6) is 11.5 Å². The molecule has 3 nitrogen and oxygen atoms in total. The lowest BCUT2D eigenvalue weighted by Crippen LogP contribution is -1.99. The number of anilines is 2. The number of nitrogens with zero attached hydrogens (tertiary/aromatic N) is 1. The smallest absolute Gasteiger partial charge is 0.137 e. The van der Waals surface area contributed by atoms with E-state index in [1.54, 1.807) is 0 Å². The lowest BCUT2D eigenvalue weighted by atomic mass is 9.92. The molecule has 0 unspecified atom stereocenters. The average molecular weight is 369 g/mol.